The van der Waals surface area contributed by atoms with Crippen LogP contribution in [0.2, 0.25) is 0 Å². The Bertz CT molecular complexity index is 957. The Morgan fingerprint density at radius 3 is 2.56 bits per heavy atom. The molecule has 1 aromatic carbocycles. The molecule has 3 aromatic rings. The number of benzene rings is 1. The molecule has 0 bridgehead atoms. The van der Waals surface area contributed by atoms with Crippen LogP contribution >= 0.6 is 11.3 Å². The van der Waals surface area contributed by atoms with Crippen molar-refractivity contribution in [3.63, 3.8) is 0 Å². The second kappa shape index (κ2) is 8.22. The van der Waals surface area contributed by atoms with Gasteiger partial charge >= 0.3 is 5.97 Å². The molecule has 0 saturated carbocycles. The van der Waals surface area contributed by atoms with Crippen LogP contribution in [0.5, 0.6) is 5.75 Å². The Labute approximate surface area is 162 Å². The number of aryl methyl sites for hydroxylation is 1. The van der Waals surface area contributed by atoms with E-state index in [1.54, 1.807) is 35.6 Å². The average Bonchev–Trinajstić information content (AvgIpc) is 3.29. The van der Waals surface area contributed by atoms with E-state index >= 15 is 0 Å². The molecule has 0 amide bonds. The first-order valence-electron chi connectivity index (χ1n) is 8.53. The Morgan fingerprint density at radius 1 is 1.07 bits per heavy atom. The molecule has 2 aromatic heterocycles. The average molecular weight is 383 g/mol. The number of methoxy groups -OCH3 is 1. The van der Waals surface area contributed by atoms with Gasteiger partial charge in [0.05, 0.1) is 13.7 Å². The fourth-order valence-electron chi connectivity index (χ4n) is 2.98. The maximum atomic E-state index is 12.6. The van der Waals surface area contributed by atoms with Crippen molar-refractivity contribution in [1.29, 1.82) is 0 Å². The summed E-state index contributed by atoms with van der Waals surface area (Å²) in [5, 5.41) is 2.03. The summed E-state index contributed by atoms with van der Waals surface area (Å²) in [6.07, 6.45) is 0. The first kappa shape index (κ1) is 18.9. The van der Waals surface area contributed by atoms with Gasteiger partial charge in [-0.25, -0.2) is 4.79 Å². The lowest BCUT2D eigenvalue weighted by Crippen LogP contribution is -2.15. The van der Waals surface area contributed by atoms with Gasteiger partial charge in [-0.05, 0) is 43.5 Å². The standard InChI is InChI=1S/C21H21NO4S/c1-14-11-18(15(2)22(14)12-16-7-6-10-27-16)19(23)13-26-21(24)17-8-4-5-9-20(17)25-3/h4-11H,12-13H2,1-3H3. The molecule has 3 rings (SSSR count). The van der Waals surface area contributed by atoms with Gasteiger partial charge in [0.2, 0.25) is 5.78 Å². The summed E-state index contributed by atoms with van der Waals surface area (Å²) in [4.78, 5) is 26.1. The monoisotopic (exact) mass is 383 g/mol. The summed E-state index contributed by atoms with van der Waals surface area (Å²) in [6.45, 7) is 4.30. The third-order valence-corrected chi connectivity index (χ3v) is 5.29. The fraction of sp³-hybridized carbons (Fsp3) is 0.238. The lowest BCUT2D eigenvalue weighted by Gasteiger charge is -2.09. The zero-order chi connectivity index (χ0) is 19.4. The van der Waals surface area contributed by atoms with E-state index in [0.717, 1.165) is 17.9 Å². The van der Waals surface area contributed by atoms with Gasteiger partial charge in [0.25, 0.3) is 0 Å². The number of ketones is 1. The number of Topliss-reactive ketones (excluding diaryl/α,β-unsaturated/α-hetero) is 1. The highest BCUT2D eigenvalue weighted by molar-refractivity contribution is 7.09. The predicted octanol–water partition coefficient (Wildman–Crippen LogP) is 4.26. The van der Waals surface area contributed by atoms with Gasteiger partial charge in [-0.15, -0.1) is 11.3 Å². The van der Waals surface area contributed by atoms with Gasteiger partial charge in [-0.3, -0.25) is 4.79 Å². The molecular weight excluding hydrogens is 362 g/mol. The first-order valence-corrected chi connectivity index (χ1v) is 9.41. The van der Waals surface area contributed by atoms with Crippen molar-refractivity contribution in [3.8, 4) is 5.75 Å². The number of thiophene rings is 1. The highest BCUT2D eigenvalue weighted by Gasteiger charge is 2.19. The molecule has 0 atom stereocenters. The van der Waals surface area contributed by atoms with Gasteiger partial charge < -0.3 is 14.0 Å². The quantitative estimate of drug-likeness (QED) is 0.452. The summed E-state index contributed by atoms with van der Waals surface area (Å²) in [5.41, 5.74) is 2.76. The van der Waals surface area contributed by atoms with Crippen molar-refractivity contribution in [2.75, 3.05) is 13.7 Å². The summed E-state index contributed by atoms with van der Waals surface area (Å²) in [5.74, 6) is -0.374. The second-order valence-corrected chi connectivity index (χ2v) is 7.18. The maximum Gasteiger partial charge on any atom is 0.342 e. The Hall–Kier alpha value is -2.86. The third-order valence-electron chi connectivity index (χ3n) is 4.43. The second-order valence-electron chi connectivity index (χ2n) is 6.15. The minimum Gasteiger partial charge on any atom is -0.496 e. The number of esters is 1. The molecule has 0 spiro atoms. The van der Waals surface area contributed by atoms with Crippen LogP contribution in [0.4, 0.5) is 0 Å². The molecule has 2 heterocycles. The van der Waals surface area contributed by atoms with Crippen LogP contribution in [0.15, 0.2) is 47.8 Å². The van der Waals surface area contributed by atoms with E-state index in [-0.39, 0.29) is 12.4 Å². The fourth-order valence-corrected chi connectivity index (χ4v) is 3.68. The topological polar surface area (TPSA) is 57.5 Å². The molecule has 5 nitrogen and oxygen atoms in total. The van der Waals surface area contributed by atoms with Gasteiger partial charge in [-0.2, -0.15) is 0 Å². The highest BCUT2D eigenvalue weighted by Crippen LogP contribution is 2.21. The normalized spacial score (nSPS) is 10.6. The number of hydrogen-bond acceptors (Lipinski definition) is 5. The largest absolute Gasteiger partial charge is 0.496 e. The van der Waals surface area contributed by atoms with Crippen molar-refractivity contribution in [2.24, 2.45) is 0 Å². The molecule has 0 radical (unpaired) electrons. The third kappa shape index (κ3) is 4.11. The first-order chi connectivity index (χ1) is 13.0. The number of ether oxygens (including phenoxy) is 2. The molecule has 0 saturated heterocycles. The van der Waals surface area contributed by atoms with E-state index < -0.39 is 5.97 Å². The van der Waals surface area contributed by atoms with E-state index in [9.17, 15) is 9.59 Å². The smallest absolute Gasteiger partial charge is 0.342 e. The van der Waals surface area contributed by atoms with Crippen molar-refractivity contribution >= 4 is 23.1 Å². The maximum absolute atomic E-state index is 12.6. The molecule has 0 N–H and O–H groups in total. The zero-order valence-electron chi connectivity index (χ0n) is 15.5. The van der Waals surface area contributed by atoms with Crippen molar-refractivity contribution < 1.29 is 19.1 Å². The van der Waals surface area contributed by atoms with Crippen LogP contribution in [0, 0.1) is 13.8 Å². The zero-order valence-corrected chi connectivity index (χ0v) is 16.3. The molecular formula is C21H21NO4S. The van der Waals surface area contributed by atoms with Crippen LogP contribution in [0.3, 0.4) is 0 Å². The van der Waals surface area contributed by atoms with E-state index in [1.165, 1.54) is 12.0 Å². The van der Waals surface area contributed by atoms with Gasteiger partial charge in [0.1, 0.15) is 11.3 Å². The molecule has 140 valence electrons. The van der Waals surface area contributed by atoms with E-state index in [2.05, 4.69) is 10.6 Å². The SMILES string of the molecule is COc1ccccc1C(=O)OCC(=O)c1cc(C)n(Cc2cccs2)c1C. The summed E-state index contributed by atoms with van der Waals surface area (Å²) in [6, 6.07) is 12.7. The molecule has 0 aliphatic rings. The lowest BCUT2D eigenvalue weighted by atomic mass is 10.1. The number of carbonyl (C=O) groups is 2. The number of carbonyl (C=O) groups excluding carboxylic acids is 2. The molecule has 27 heavy (non-hydrogen) atoms. The molecule has 0 aliphatic carbocycles. The van der Waals surface area contributed by atoms with Crippen LogP contribution < -0.4 is 4.74 Å². The van der Waals surface area contributed by atoms with E-state index in [1.807, 2.05) is 31.4 Å². The van der Waals surface area contributed by atoms with Crippen molar-refractivity contribution in [3.05, 3.63) is 75.2 Å². The molecule has 0 aliphatic heterocycles. The highest BCUT2D eigenvalue weighted by atomic mass is 32.1. The van der Waals surface area contributed by atoms with Crippen LogP contribution in [0.25, 0.3) is 0 Å². The number of hydrogen-bond donors (Lipinski definition) is 0. The number of aromatic nitrogens is 1. The predicted molar refractivity (Wildman–Crippen MR) is 105 cm³/mol. The van der Waals surface area contributed by atoms with Gasteiger partial charge in [0.15, 0.2) is 6.61 Å². The van der Waals surface area contributed by atoms with E-state index in [0.29, 0.717) is 16.9 Å². The van der Waals surface area contributed by atoms with Gasteiger partial charge in [-0.1, -0.05) is 18.2 Å². The minimum absolute atomic E-state index is 0.219. The van der Waals surface area contributed by atoms with Crippen molar-refractivity contribution in [2.45, 2.75) is 20.4 Å². The van der Waals surface area contributed by atoms with Crippen LogP contribution in [-0.2, 0) is 11.3 Å². The Kier molecular flexibility index (Phi) is 5.76. The Morgan fingerprint density at radius 2 is 1.85 bits per heavy atom. The molecule has 6 heteroatoms. The van der Waals surface area contributed by atoms with Crippen molar-refractivity contribution in [1.82, 2.24) is 4.57 Å². The Balaban J connectivity index is 1.70. The molecule has 0 unspecified atom stereocenters. The van der Waals surface area contributed by atoms with E-state index in [4.69, 9.17) is 9.47 Å². The number of rotatable bonds is 7. The van der Waals surface area contributed by atoms with Gasteiger partial charge in [0, 0.05) is 21.8 Å². The number of para-hydroxylation sites is 1. The lowest BCUT2D eigenvalue weighted by molar-refractivity contribution is 0.0471. The summed E-state index contributed by atoms with van der Waals surface area (Å²) >= 11 is 1.68. The molecule has 0 fully saturated rings. The van der Waals surface area contributed by atoms with Crippen LogP contribution in [0.1, 0.15) is 37.0 Å². The van der Waals surface area contributed by atoms with Crippen LogP contribution in [-0.4, -0.2) is 30.0 Å². The summed E-state index contributed by atoms with van der Waals surface area (Å²) < 4.78 is 12.5. The number of nitrogens with zero attached hydrogens (tertiary/aromatic N) is 1. The minimum atomic E-state index is -0.576. The summed E-state index contributed by atoms with van der Waals surface area (Å²) in [7, 11) is 1.49.